The quantitative estimate of drug-likeness (QED) is 0.411. The van der Waals surface area contributed by atoms with Gasteiger partial charge in [-0.1, -0.05) is 18.2 Å². The zero-order valence-electron chi connectivity index (χ0n) is 19.1. The summed E-state index contributed by atoms with van der Waals surface area (Å²) in [6.45, 7) is 2.94. The molecule has 4 rings (SSSR count). The number of likely N-dealkylation sites (N-methyl/N-ethyl adjacent to an activating group) is 1. The zero-order chi connectivity index (χ0) is 25.5. The summed E-state index contributed by atoms with van der Waals surface area (Å²) in [7, 11) is -2.49. The van der Waals surface area contributed by atoms with Crippen LogP contribution in [0.1, 0.15) is 25.0 Å². The molecule has 11 heteroatoms. The van der Waals surface area contributed by atoms with Crippen LogP contribution in [0.2, 0.25) is 0 Å². The van der Waals surface area contributed by atoms with Crippen molar-refractivity contribution in [2.75, 3.05) is 7.05 Å². The Morgan fingerprint density at radius 1 is 1.03 bits per heavy atom. The number of nitrogens with two attached hydrogens (primary N) is 1. The Bertz CT molecular complexity index is 1460. The number of hydrogen-bond acceptors (Lipinski definition) is 7. The molecule has 0 spiro atoms. The van der Waals surface area contributed by atoms with Crippen LogP contribution in [0.15, 0.2) is 65.8 Å². The molecular weight excluding hydrogens is 478 g/mol. The number of guanidine groups is 1. The number of nitrogens with zero attached hydrogens (tertiary/aromatic N) is 3. The van der Waals surface area contributed by atoms with E-state index in [1.807, 2.05) is 0 Å². The highest BCUT2D eigenvalue weighted by molar-refractivity contribution is 7.87. The van der Waals surface area contributed by atoms with Crippen LogP contribution in [0.5, 0.6) is 5.75 Å². The van der Waals surface area contributed by atoms with Gasteiger partial charge in [-0.05, 0) is 61.4 Å². The van der Waals surface area contributed by atoms with Crippen molar-refractivity contribution in [1.29, 1.82) is 0 Å². The predicted molar refractivity (Wildman–Crippen MR) is 126 cm³/mol. The lowest BCUT2D eigenvalue weighted by atomic mass is 9.81. The molecule has 1 aliphatic heterocycles. The van der Waals surface area contributed by atoms with Crippen molar-refractivity contribution in [2.24, 2.45) is 10.7 Å². The number of pyridine rings is 1. The van der Waals surface area contributed by atoms with Crippen LogP contribution in [-0.2, 0) is 20.5 Å². The molecule has 1 atom stereocenters. The van der Waals surface area contributed by atoms with Crippen molar-refractivity contribution in [1.82, 2.24) is 9.88 Å². The van der Waals surface area contributed by atoms with Crippen LogP contribution in [0, 0.1) is 11.8 Å². The molecule has 1 unspecified atom stereocenters. The summed E-state index contributed by atoms with van der Waals surface area (Å²) < 4.78 is 59.0. The topological polar surface area (TPSA) is 115 Å². The van der Waals surface area contributed by atoms with E-state index in [1.54, 1.807) is 6.07 Å². The molecule has 0 saturated heterocycles. The summed E-state index contributed by atoms with van der Waals surface area (Å²) in [6, 6.07) is 12.4. The second kappa shape index (κ2) is 8.73. The van der Waals surface area contributed by atoms with Gasteiger partial charge in [0.2, 0.25) is 5.95 Å². The number of carbonyl (C=O) groups excluding carboxylic acids is 1. The molecule has 1 amide bonds. The van der Waals surface area contributed by atoms with Gasteiger partial charge in [-0.2, -0.15) is 12.8 Å². The minimum absolute atomic E-state index is 0.0349. The first kappa shape index (κ1) is 24.3. The first-order valence-electron chi connectivity index (χ1n) is 10.6. The molecule has 3 aromatic rings. The smallest absolute Gasteiger partial charge is 0.311 e. The zero-order valence-corrected chi connectivity index (χ0v) is 19.9. The molecule has 2 N–H and O–H groups in total. The lowest BCUT2D eigenvalue weighted by Crippen LogP contribution is -2.41. The Kier molecular flexibility index (Phi) is 6.05. The predicted octanol–water partition coefficient (Wildman–Crippen LogP) is 3.17. The average Bonchev–Trinajstić information content (AvgIpc) is 3.04. The maximum atomic E-state index is 14.8. The SMILES string of the molecule is CC(C)S(=O)(=O)Oc1cccc(C2(c3ccc(F)c(-c4cccnc4F)c3)N=C(N)N(C)C2=O)c1. The average molecular weight is 501 g/mol. The normalized spacial score (nSPS) is 18.2. The summed E-state index contributed by atoms with van der Waals surface area (Å²) in [4.78, 5) is 22.7. The van der Waals surface area contributed by atoms with Gasteiger partial charge < -0.3 is 9.92 Å². The van der Waals surface area contributed by atoms with E-state index in [1.165, 1.54) is 69.6 Å². The Balaban J connectivity index is 1.94. The van der Waals surface area contributed by atoms with Gasteiger partial charge >= 0.3 is 10.1 Å². The van der Waals surface area contributed by atoms with Crippen LogP contribution < -0.4 is 9.92 Å². The fraction of sp³-hybridized carbons (Fsp3) is 0.208. The van der Waals surface area contributed by atoms with Crippen molar-refractivity contribution >= 4 is 22.0 Å². The number of aliphatic imine (C=N–C) groups is 1. The van der Waals surface area contributed by atoms with Gasteiger partial charge in [-0.25, -0.2) is 14.4 Å². The number of carbonyl (C=O) groups is 1. The molecule has 35 heavy (non-hydrogen) atoms. The molecule has 0 saturated carbocycles. The molecule has 1 aromatic heterocycles. The standard InChI is InChI=1S/C24H22F2N4O4S/c1-14(2)35(32,33)34-17-7-4-6-15(12-17)24(22(31)30(3)23(27)29-24)16-9-10-20(25)19(13-16)18-8-5-11-28-21(18)26/h4-14H,1-3H3,(H2,27,29). The van der Waals surface area contributed by atoms with Crippen LogP contribution in [0.25, 0.3) is 11.1 Å². The molecule has 8 nitrogen and oxygen atoms in total. The van der Waals surface area contributed by atoms with E-state index in [2.05, 4.69) is 9.98 Å². The number of hydrogen-bond donors (Lipinski definition) is 1. The minimum Gasteiger partial charge on any atom is -0.382 e. The maximum Gasteiger partial charge on any atom is 0.311 e. The first-order chi connectivity index (χ1) is 16.5. The molecule has 0 aliphatic carbocycles. The van der Waals surface area contributed by atoms with Crippen molar-refractivity contribution in [3.63, 3.8) is 0 Å². The van der Waals surface area contributed by atoms with Gasteiger partial charge in [0.1, 0.15) is 11.6 Å². The fourth-order valence-electron chi connectivity index (χ4n) is 3.73. The lowest BCUT2D eigenvalue weighted by molar-refractivity contribution is -0.129. The third-order valence-corrected chi connectivity index (χ3v) is 7.29. The van der Waals surface area contributed by atoms with E-state index in [-0.39, 0.29) is 34.0 Å². The van der Waals surface area contributed by atoms with E-state index in [0.717, 1.165) is 11.0 Å². The van der Waals surface area contributed by atoms with Crippen LogP contribution in [0.4, 0.5) is 8.78 Å². The summed E-state index contributed by atoms with van der Waals surface area (Å²) in [5.74, 6) is -2.32. The van der Waals surface area contributed by atoms with Crippen LogP contribution in [-0.4, -0.2) is 42.5 Å². The molecular formula is C24H22F2N4O4S. The highest BCUT2D eigenvalue weighted by Gasteiger charge is 2.50. The summed E-state index contributed by atoms with van der Waals surface area (Å²) >= 11 is 0. The molecule has 0 radical (unpaired) electrons. The van der Waals surface area contributed by atoms with Crippen molar-refractivity contribution in [3.05, 3.63) is 83.7 Å². The highest BCUT2D eigenvalue weighted by Crippen LogP contribution is 2.42. The van der Waals surface area contributed by atoms with E-state index >= 15 is 0 Å². The Morgan fingerprint density at radius 2 is 1.74 bits per heavy atom. The number of rotatable bonds is 6. The van der Waals surface area contributed by atoms with Gasteiger partial charge in [0.15, 0.2) is 11.5 Å². The molecule has 182 valence electrons. The van der Waals surface area contributed by atoms with Crippen LogP contribution in [0.3, 0.4) is 0 Å². The van der Waals surface area contributed by atoms with Gasteiger partial charge in [0.05, 0.1) is 5.25 Å². The monoisotopic (exact) mass is 500 g/mol. The molecule has 1 aliphatic rings. The number of benzene rings is 2. The number of halogens is 2. The number of aromatic nitrogens is 1. The largest absolute Gasteiger partial charge is 0.382 e. The third kappa shape index (κ3) is 4.12. The third-order valence-electron chi connectivity index (χ3n) is 5.71. The lowest BCUT2D eigenvalue weighted by Gasteiger charge is -2.27. The second-order valence-electron chi connectivity index (χ2n) is 8.23. The number of amides is 1. The second-order valence-corrected chi connectivity index (χ2v) is 10.3. The van der Waals surface area contributed by atoms with Gasteiger partial charge in [0, 0.05) is 24.4 Å². The van der Waals surface area contributed by atoms with E-state index in [4.69, 9.17) is 9.92 Å². The maximum absolute atomic E-state index is 14.8. The van der Waals surface area contributed by atoms with Crippen molar-refractivity contribution in [3.8, 4) is 16.9 Å². The molecule has 0 bridgehead atoms. The highest BCUT2D eigenvalue weighted by atomic mass is 32.2. The van der Waals surface area contributed by atoms with Crippen molar-refractivity contribution < 1.29 is 26.2 Å². The minimum atomic E-state index is -3.92. The Labute approximate surface area is 201 Å². The Hall–Kier alpha value is -3.86. The van der Waals surface area contributed by atoms with E-state index in [0.29, 0.717) is 0 Å². The molecule has 2 heterocycles. The van der Waals surface area contributed by atoms with Crippen LogP contribution >= 0.6 is 0 Å². The van der Waals surface area contributed by atoms with Gasteiger partial charge in [-0.15, -0.1) is 0 Å². The fourth-order valence-corrected chi connectivity index (χ4v) is 4.30. The summed E-state index contributed by atoms with van der Waals surface area (Å²) in [5.41, 5.74) is 4.39. The van der Waals surface area contributed by atoms with E-state index < -0.39 is 38.6 Å². The van der Waals surface area contributed by atoms with E-state index in [9.17, 15) is 22.0 Å². The van der Waals surface area contributed by atoms with Gasteiger partial charge in [-0.3, -0.25) is 9.69 Å². The van der Waals surface area contributed by atoms with Gasteiger partial charge in [0.25, 0.3) is 5.91 Å². The first-order valence-corrected chi connectivity index (χ1v) is 12.0. The molecule has 2 aromatic carbocycles. The summed E-state index contributed by atoms with van der Waals surface area (Å²) in [6.07, 6.45) is 1.24. The van der Waals surface area contributed by atoms with Crippen molar-refractivity contribution in [2.45, 2.75) is 24.6 Å². The Morgan fingerprint density at radius 3 is 2.37 bits per heavy atom. The summed E-state index contributed by atoms with van der Waals surface area (Å²) in [5, 5.41) is -0.804. The molecule has 0 fully saturated rings.